The van der Waals surface area contributed by atoms with Crippen molar-refractivity contribution in [2.24, 2.45) is 0 Å². The molecule has 1 aliphatic rings. The number of thiophene rings is 1. The number of rotatable bonds is 3. The maximum atomic E-state index is 12.4. The second kappa shape index (κ2) is 5.31. The second-order valence-corrected chi connectivity index (χ2v) is 8.07. The number of sulfonamides is 1. The Balaban J connectivity index is 1.91. The zero-order chi connectivity index (χ0) is 15.0. The van der Waals surface area contributed by atoms with Crippen molar-refractivity contribution in [3.8, 4) is 0 Å². The van der Waals surface area contributed by atoms with Gasteiger partial charge in [0.2, 0.25) is 10.0 Å². The van der Waals surface area contributed by atoms with Crippen molar-refractivity contribution >= 4 is 43.0 Å². The molecule has 0 atom stereocenters. The number of hydrogen-bond donors (Lipinski definition) is 1. The van der Waals surface area contributed by atoms with Gasteiger partial charge in [-0.25, -0.2) is 8.42 Å². The Morgan fingerprint density at radius 2 is 1.95 bits per heavy atom. The van der Waals surface area contributed by atoms with Gasteiger partial charge in [0.15, 0.2) is 0 Å². The molecule has 1 amide bonds. The first-order chi connectivity index (χ1) is 9.92. The largest absolute Gasteiger partial charge is 0.338 e. The van der Waals surface area contributed by atoms with Crippen LogP contribution in [0.2, 0.25) is 0 Å². The fraction of sp³-hybridized carbons (Fsp3) is 0.357. The number of fused-ring (bicyclic) bond motifs is 1. The summed E-state index contributed by atoms with van der Waals surface area (Å²) in [6.45, 7) is 1.65. The van der Waals surface area contributed by atoms with E-state index in [-0.39, 0.29) is 5.91 Å². The quantitative estimate of drug-likeness (QED) is 0.943. The van der Waals surface area contributed by atoms with Crippen molar-refractivity contribution in [3.63, 3.8) is 0 Å². The minimum atomic E-state index is -3.29. The molecule has 0 bridgehead atoms. The third-order valence-electron chi connectivity index (χ3n) is 3.42. The number of carbonyl (C=O) groups excluding carboxylic acids is 1. The lowest BCUT2D eigenvalue weighted by Gasteiger charge is -2.13. The summed E-state index contributed by atoms with van der Waals surface area (Å²) in [5.41, 5.74) is 0.517. The highest BCUT2D eigenvalue weighted by atomic mass is 32.2. The number of hydrogen-bond acceptors (Lipinski definition) is 4. The Labute approximate surface area is 127 Å². The van der Waals surface area contributed by atoms with Crippen LogP contribution in [0.3, 0.4) is 0 Å². The number of nitrogens with zero attached hydrogens (tertiary/aromatic N) is 1. The van der Waals surface area contributed by atoms with Crippen LogP contribution in [-0.2, 0) is 10.0 Å². The lowest BCUT2D eigenvalue weighted by Crippen LogP contribution is -2.26. The summed E-state index contributed by atoms with van der Waals surface area (Å²) in [4.78, 5) is 14.9. The standard InChI is InChI=1S/C14H16N2O3S2/c1-21(18,19)15-11-4-5-12-10(8-11)9-13(20-12)14(17)16-6-2-3-7-16/h4-5,8-9,15H,2-3,6-7H2,1H3. The van der Waals surface area contributed by atoms with Crippen LogP contribution < -0.4 is 4.72 Å². The number of anilines is 1. The molecular weight excluding hydrogens is 308 g/mol. The van der Waals surface area contributed by atoms with E-state index < -0.39 is 10.0 Å². The second-order valence-electron chi connectivity index (χ2n) is 5.24. The van der Waals surface area contributed by atoms with Gasteiger partial charge in [-0.05, 0) is 42.5 Å². The molecule has 1 aliphatic heterocycles. The first-order valence-corrected chi connectivity index (χ1v) is 9.44. The summed E-state index contributed by atoms with van der Waals surface area (Å²) in [7, 11) is -3.29. The van der Waals surface area contributed by atoms with Crippen LogP contribution in [0.25, 0.3) is 10.1 Å². The van der Waals surface area contributed by atoms with Gasteiger partial charge in [-0.15, -0.1) is 11.3 Å². The van der Waals surface area contributed by atoms with Crippen molar-refractivity contribution in [2.45, 2.75) is 12.8 Å². The van der Waals surface area contributed by atoms with Gasteiger partial charge in [-0.1, -0.05) is 0 Å². The summed E-state index contributed by atoms with van der Waals surface area (Å²) < 4.78 is 25.9. The molecule has 2 heterocycles. The van der Waals surface area contributed by atoms with E-state index in [1.54, 1.807) is 12.1 Å². The highest BCUT2D eigenvalue weighted by Crippen LogP contribution is 2.29. The van der Waals surface area contributed by atoms with E-state index >= 15 is 0 Å². The fourth-order valence-corrected chi connectivity index (χ4v) is 4.07. The maximum absolute atomic E-state index is 12.4. The Morgan fingerprint density at radius 1 is 1.24 bits per heavy atom. The first kappa shape index (κ1) is 14.3. The predicted octanol–water partition coefficient (Wildman–Crippen LogP) is 2.51. The Kier molecular flexibility index (Phi) is 3.62. The predicted molar refractivity (Wildman–Crippen MR) is 85.4 cm³/mol. The zero-order valence-corrected chi connectivity index (χ0v) is 13.3. The average molecular weight is 324 g/mol. The number of carbonyl (C=O) groups is 1. The average Bonchev–Trinajstić information content (AvgIpc) is 3.04. The molecule has 0 aliphatic carbocycles. The molecular formula is C14H16N2O3S2. The summed E-state index contributed by atoms with van der Waals surface area (Å²) in [5, 5.41) is 0.885. The first-order valence-electron chi connectivity index (χ1n) is 6.73. The number of likely N-dealkylation sites (tertiary alicyclic amines) is 1. The zero-order valence-electron chi connectivity index (χ0n) is 11.6. The van der Waals surface area contributed by atoms with Gasteiger partial charge < -0.3 is 4.90 Å². The van der Waals surface area contributed by atoms with Crippen molar-refractivity contribution < 1.29 is 13.2 Å². The Hall–Kier alpha value is -1.60. The van der Waals surface area contributed by atoms with E-state index in [2.05, 4.69) is 4.72 Å². The van der Waals surface area contributed by atoms with Crippen LogP contribution in [0.5, 0.6) is 0 Å². The molecule has 0 radical (unpaired) electrons. The molecule has 3 rings (SSSR count). The van der Waals surface area contributed by atoms with Gasteiger partial charge in [-0.2, -0.15) is 0 Å². The van der Waals surface area contributed by atoms with Crippen molar-refractivity contribution in [1.29, 1.82) is 0 Å². The number of amides is 1. The van der Waals surface area contributed by atoms with Gasteiger partial charge in [0.25, 0.3) is 5.91 Å². The van der Waals surface area contributed by atoms with Crippen LogP contribution in [0.15, 0.2) is 24.3 Å². The highest BCUT2D eigenvalue weighted by Gasteiger charge is 2.21. The van der Waals surface area contributed by atoms with Crippen LogP contribution >= 0.6 is 11.3 Å². The maximum Gasteiger partial charge on any atom is 0.263 e. The van der Waals surface area contributed by atoms with E-state index in [1.165, 1.54) is 11.3 Å². The van der Waals surface area contributed by atoms with E-state index in [9.17, 15) is 13.2 Å². The normalized spacial score (nSPS) is 15.6. The molecule has 0 unspecified atom stereocenters. The lowest BCUT2D eigenvalue weighted by molar-refractivity contribution is 0.0797. The van der Waals surface area contributed by atoms with Gasteiger partial charge >= 0.3 is 0 Å². The third-order valence-corrected chi connectivity index (χ3v) is 5.13. The monoisotopic (exact) mass is 324 g/mol. The molecule has 0 saturated carbocycles. The van der Waals surface area contributed by atoms with Gasteiger partial charge in [-0.3, -0.25) is 9.52 Å². The lowest BCUT2D eigenvalue weighted by atomic mass is 10.2. The van der Waals surface area contributed by atoms with Crippen LogP contribution in [-0.4, -0.2) is 38.6 Å². The topological polar surface area (TPSA) is 66.5 Å². The van der Waals surface area contributed by atoms with Gasteiger partial charge in [0.05, 0.1) is 11.1 Å². The summed E-state index contributed by atoms with van der Waals surface area (Å²) in [6, 6.07) is 7.15. The van der Waals surface area contributed by atoms with Crippen molar-refractivity contribution in [3.05, 3.63) is 29.1 Å². The van der Waals surface area contributed by atoms with E-state index in [1.807, 2.05) is 17.0 Å². The number of nitrogens with one attached hydrogen (secondary N) is 1. The van der Waals surface area contributed by atoms with Gasteiger partial charge in [0, 0.05) is 23.5 Å². The minimum Gasteiger partial charge on any atom is -0.338 e. The van der Waals surface area contributed by atoms with E-state index in [0.717, 1.165) is 42.3 Å². The molecule has 1 saturated heterocycles. The minimum absolute atomic E-state index is 0.0753. The third kappa shape index (κ3) is 3.19. The van der Waals surface area contributed by atoms with E-state index in [0.29, 0.717) is 10.6 Å². The van der Waals surface area contributed by atoms with Crippen molar-refractivity contribution in [1.82, 2.24) is 4.90 Å². The molecule has 1 fully saturated rings. The molecule has 0 spiro atoms. The fourth-order valence-electron chi connectivity index (χ4n) is 2.50. The Bertz CT molecular complexity index is 790. The Morgan fingerprint density at radius 3 is 2.62 bits per heavy atom. The summed E-state index contributed by atoms with van der Waals surface area (Å²) in [6.07, 6.45) is 3.26. The molecule has 112 valence electrons. The van der Waals surface area contributed by atoms with Crippen LogP contribution in [0.1, 0.15) is 22.5 Å². The molecule has 1 aromatic carbocycles. The molecule has 7 heteroatoms. The number of benzene rings is 1. The van der Waals surface area contributed by atoms with Crippen LogP contribution in [0, 0.1) is 0 Å². The molecule has 1 N–H and O–H groups in total. The summed E-state index contributed by atoms with van der Waals surface area (Å²) >= 11 is 1.45. The molecule has 5 nitrogen and oxygen atoms in total. The van der Waals surface area contributed by atoms with E-state index in [4.69, 9.17) is 0 Å². The van der Waals surface area contributed by atoms with Crippen LogP contribution in [0.4, 0.5) is 5.69 Å². The molecule has 2 aromatic rings. The van der Waals surface area contributed by atoms with Gasteiger partial charge in [0.1, 0.15) is 0 Å². The molecule has 1 aromatic heterocycles. The SMILES string of the molecule is CS(=O)(=O)Nc1ccc2sc(C(=O)N3CCCC3)cc2c1. The van der Waals surface area contributed by atoms with Crippen molar-refractivity contribution in [2.75, 3.05) is 24.1 Å². The smallest absolute Gasteiger partial charge is 0.263 e. The highest BCUT2D eigenvalue weighted by molar-refractivity contribution is 7.92. The molecule has 21 heavy (non-hydrogen) atoms. The summed E-state index contributed by atoms with van der Waals surface area (Å²) in [5.74, 6) is 0.0753.